The number of carbonyl (C=O) groups is 1. The van der Waals surface area contributed by atoms with Crippen molar-refractivity contribution in [2.24, 2.45) is 0 Å². The van der Waals surface area contributed by atoms with Gasteiger partial charge in [0, 0.05) is 19.0 Å². The standard InChI is InChI=1S/C38H67N3O18/c1-2-3-4-5-38(42)59-33-32-58-31-30-57-29-28-56-27-26-55-25-24-54-23-22-53-21-20-52-19-18-51-17-16-50-15-14-49-13-12-48-11-10-47-9-8-39-36-7-6-35(40(43)44)34-37(36)41(45)46/h6-7,34,39H,2-5,8-33H2,1H3. The van der Waals surface area contributed by atoms with Gasteiger partial charge in [0.1, 0.15) is 12.3 Å². The molecule has 0 spiro atoms. The SMILES string of the molecule is CCCCCC(=O)OCCOCCOCCOCCOCCOCCOCCOCCOCCOCCOCCOCCOCCNc1ccc([N+](=O)[O-])cc1[N+](=O)[O-]. The lowest BCUT2D eigenvalue weighted by atomic mass is 10.2. The molecule has 21 nitrogen and oxygen atoms in total. The van der Waals surface area contributed by atoms with Crippen LogP contribution in [0.4, 0.5) is 17.1 Å². The molecule has 0 radical (unpaired) electrons. The molecule has 0 amide bonds. The van der Waals surface area contributed by atoms with Gasteiger partial charge < -0.3 is 66.9 Å². The molecule has 0 aromatic heterocycles. The van der Waals surface area contributed by atoms with E-state index < -0.39 is 9.85 Å². The molecule has 59 heavy (non-hydrogen) atoms. The summed E-state index contributed by atoms with van der Waals surface area (Å²) in [7, 11) is 0. The van der Waals surface area contributed by atoms with Crippen molar-refractivity contribution in [3.8, 4) is 0 Å². The number of nitro benzene ring substituents is 2. The largest absolute Gasteiger partial charge is 0.463 e. The summed E-state index contributed by atoms with van der Waals surface area (Å²) >= 11 is 0. The first-order valence-corrected chi connectivity index (χ1v) is 20.2. The number of non-ortho nitro benzene ring substituents is 1. The Labute approximate surface area is 347 Å². The van der Waals surface area contributed by atoms with Crippen molar-refractivity contribution in [1.82, 2.24) is 0 Å². The lowest BCUT2D eigenvalue weighted by molar-refractivity contribution is -0.393. The molecule has 0 fully saturated rings. The Balaban J connectivity index is 1.68. The summed E-state index contributed by atoms with van der Waals surface area (Å²) in [6, 6.07) is 3.42. The molecule has 0 saturated heterocycles. The van der Waals surface area contributed by atoms with Gasteiger partial charge in [-0.3, -0.25) is 25.0 Å². The normalized spacial score (nSPS) is 11.3. The Bertz CT molecular complexity index is 1160. The van der Waals surface area contributed by atoms with Crippen LogP contribution in [-0.2, 0) is 66.4 Å². The van der Waals surface area contributed by atoms with E-state index in [2.05, 4.69) is 12.2 Å². The molecule has 0 atom stereocenters. The number of nitrogens with zero attached hydrogens (tertiary/aromatic N) is 2. The number of esters is 1. The highest BCUT2D eigenvalue weighted by atomic mass is 16.6. The molecule has 0 aliphatic rings. The number of benzene rings is 1. The summed E-state index contributed by atoms with van der Waals surface area (Å²) in [6.45, 7) is 13.0. The zero-order chi connectivity index (χ0) is 42.7. The van der Waals surface area contributed by atoms with Crippen molar-refractivity contribution < 1.29 is 76.2 Å². The van der Waals surface area contributed by atoms with E-state index in [1.165, 1.54) is 12.1 Å². The number of rotatable bonds is 46. The fourth-order valence-electron chi connectivity index (χ4n) is 4.52. The van der Waals surface area contributed by atoms with Crippen LogP contribution in [0.25, 0.3) is 0 Å². The Morgan fingerprint density at radius 2 is 0.831 bits per heavy atom. The van der Waals surface area contributed by atoms with E-state index in [1.807, 2.05) is 0 Å². The van der Waals surface area contributed by atoms with E-state index in [9.17, 15) is 25.0 Å². The van der Waals surface area contributed by atoms with E-state index in [4.69, 9.17) is 61.6 Å². The van der Waals surface area contributed by atoms with Gasteiger partial charge in [0.15, 0.2) is 0 Å². The Kier molecular flexibility index (Phi) is 37.9. The van der Waals surface area contributed by atoms with Crippen molar-refractivity contribution in [1.29, 1.82) is 0 Å². The quantitative estimate of drug-likeness (QED) is 0.0429. The van der Waals surface area contributed by atoms with Crippen molar-refractivity contribution in [2.45, 2.75) is 32.6 Å². The Hall–Kier alpha value is -3.19. The number of anilines is 1. The average Bonchev–Trinajstić information content (AvgIpc) is 3.23. The summed E-state index contributed by atoms with van der Waals surface area (Å²) in [6.07, 6.45) is 3.45. The molecule has 1 aromatic carbocycles. The molecule has 0 bridgehead atoms. The number of nitrogens with one attached hydrogen (secondary N) is 1. The maximum absolute atomic E-state index is 11.5. The first kappa shape index (κ1) is 53.8. The molecular formula is C38H67N3O18. The Morgan fingerprint density at radius 3 is 1.15 bits per heavy atom. The van der Waals surface area contributed by atoms with Gasteiger partial charge in [-0.1, -0.05) is 19.8 Å². The van der Waals surface area contributed by atoms with Gasteiger partial charge in [-0.25, -0.2) is 0 Å². The number of unbranched alkanes of at least 4 members (excludes halogenated alkanes) is 2. The third-order valence-corrected chi connectivity index (χ3v) is 7.52. The van der Waals surface area contributed by atoms with Gasteiger partial charge in [-0.05, 0) is 12.5 Å². The number of hydrogen-bond acceptors (Lipinski definition) is 19. The summed E-state index contributed by atoms with van der Waals surface area (Å²) in [4.78, 5) is 32.1. The smallest absolute Gasteiger partial charge is 0.305 e. The van der Waals surface area contributed by atoms with E-state index in [-0.39, 0.29) is 42.8 Å². The molecule has 21 heteroatoms. The van der Waals surface area contributed by atoms with Gasteiger partial charge in [0.05, 0.1) is 174 Å². The first-order chi connectivity index (χ1) is 29.0. The third kappa shape index (κ3) is 35.3. The van der Waals surface area contributed by atoms with Gasteiger partial charge in [-0.2, -0.15) is 0 Å². The summed E-state index contributed by atoms with van der Waals surface area (Å²) in [5.74, 6) is -0.171. The van der Waals surface area contributed by atoms with Crippen molar-refractivity contribution in [3.05, 3.63) is 38.4 Å². The second kappa shape index (κ2) is 41.5. The molecule has 342 valence electrons. The van der Waals surface area contributed by atoms with E-state index in [1.54, 1.807) is 0 Å². The Morgan fingerprint density at radius 1 is 0.492 bits per heavy atom. The van der Waals surface area contributed by atoms with Crippen LogP contribution in [0.1, 0.15) is 32.6 Å². The molecule has 1 N–H and O–H groups in total. The van der Waals surface area contributed by atoms with Crippen molar-refractivity contribution in [2.75, 3.05) is 177 Å². The highest BCUT2D eigenvalue weighted by Gasteiger charge is 2.19. The molecule has 0 aliphatic carbocycles. The van der Waals surface area contributed by atoms with Crippen LogP contribution in [-0.4, -0.2) is 188 Å². The van der Waals surface area contributed by atoms with Crippen LogP contribution < -0.4 is 5.32 Å². The lowest BCUT2D eigenvalue weighted by Gasteiger charge is -2.09. The predicted molar refractivity (Wildman–Crippen MR) is 213 cm³/mol. The summed E-state index contributed by atoms with van der Waals surface area (Å²) < 4.78 is 70.5. The highest BCUT2D eigenvalue weighted by molar-refractivity contribution is 5.69. The lowest BCUT2D eigenvalue weighted by Crippen LogP contribution is -2.16. The molecule has 0 aliphatic heterocycles. The summed E-state index contributed by atoms with van der Waals surface area (Å²) in [5.41, 5.74) is -0.537. The summed E-state index contributed by atoms with van der Waals surface area (Å²) in [5, 5.41) is 24.8. The van der Waals surface area contributed by atoms with Gasteiger partial charge in [0.25, 0.3) is 11.4 Å². The van der Waals surface area contributed by atoms with Crippen LogP contribution in [0.2, 0.25) is 0 Å². The molecular weight excluding hydrogens is 786 g/mol. The third-order valence-electron chi connectivity index (χ3n) is 7.52. The number of hydrogen-bond donors (Lipinski definition) is 1. The van der Waals surface area contributed by atoms with E-state index in [0.29, 0.717) is 158 Å². The van der Waals surface area contributed by atoms with Crippen LogP contribution in [0.15, 0.2) is 18.2 Å². The van der Waals surface area contributed by atoms with Gasteiger partial charge >= 0.3 is 5.97 Å². The maximum Gasteiger partial charge on any atom is 0.305 e. The minimum absolute atomic E-state index is 0.171. The molecule has 0 saturated carbocycles. The fourth-order valence-corrected chi connectivity index (χ4v) is 4.52. The molecule has 0 heterocycles. The second-order valence-corrected chi connectivity index (χ2v) is 12.2. The first-order valence-electron chi connectivity index (χ1n) is 20.2. The predicted octanol–water partition coefficient (Wildman–Crippen LogP) is 3.24. The molecule has 1 rings (SSSR count). The molecule has 0 unspecified atom stereocenters. The number of ether oxygens (including phenoxy) is 13. The highest BCUT2D eigenvalue weighted by Crippen LogP contribution is 2.28. The fraction of sp³-hybridized carbons (Fsp3) is 0.816. The van der Waals surface area contributed by atoms with Crippen molar-refractivity contribution in [3.63, 3.8) is 0 Å². The van der Waals surface area contributed by atoms with E-state index >= 15 is 0 Å². The van der Waals surface area contributed by atoms with Crippen LogP contribution in [0.3, 0.4) is 0 Å². The van der Waals surface area contributed by atoms with Crippen LogP contribution in [0, 0.1) is 20.2 Å². The molecule has 1 aromatic rings. The van der Waals surface area contributed by atoms with Crippen LogP contribution >= 0.6 is 0 Å². The monoisotopic (exact) mass is 853 g/mol. The van der Waals surface area contributed by atoms with Crippen molar-refractivity contribution >= 4 is 23.0 Å². The maximum atomic E-state index is 11.5. The van der Waals surface area contributed by atoms with E-state index in [0.717, 1.165) is 25.3 Å². The zero-order valence-electron chi connectivity index (χ0n) is 34.7. The second-order valence-electron chi connectivity index (χ2n) is 12.2. The minimum Gasteiger partial charge on any atom is -0.463 e. The van der Waals surface area contributed by atoms with Gasteiger partial charge in [-0.15, -0.1) is 0 Å². The topological polar surface area (TPSA) is 235 Å². The number of carbonyl (C=O) groups excluding carboxylic acids is 1. The van der Waals surface area contributed by atoms with Gasteiger partial charge in [0.2, 0.25) is 0 Å². The minimum atomic E-state index is -0.683. The number of nitro groups is 2. The van der Waals surface area contributed by atoms with Crippen LogP contribution in [0.5, 0.6) is 0 Å². The zero-order valence-corrected chi connectivity index (χ0v) is 34.7. The average molecular weight is 854 g/mol.